The zero-order valence-electron chi connectivity index (χ0n) is 17.7. The van der Waals surface area contributed by atoms with Crippen molar-refractivity contribution >= 4 is 23.9 Å². The first-order valence-electron chi connectivity index (χ1n) is 10.3. The summed E-state index contributed by atoms with van der Waals surface area (Å²) >= 11 is 0. The van der Waals surface area contributed by atoms with Gasteiger partial charge < -0.3 is 25.0 Å². The van der Waals surface area contributed by atoms with Crippen LogP contribution in [0.3, 0.4) is 0 Å². The third-order valence-electron chi connectivity index (χ3n) is 4.61. The number of carbonyl (C=O) groups is 3. The van der Waals surface area contributed by atoms with Crippen LogP contribution in [0.5, 0.6) is 5.88 Å². The molecule has 1 aromatic rings. The number of urea groups is 1. The van der Waals surface area contributed by atoms with Crippen molar-refractivity contribution < 1.29 is 24.2 Å². The Morgan fingerprint density at radius 3 is 2.58 bits per heavy atom. The topological polar surface area (TPSA) is 136 Å². The van der Waals surface area contributed by atoms with E-state index in [9.17, 15) is 14.4 Å². The highest BCUT2D eigenvalue weighted by Crippen LogP contribution is 2.10. The molecule has 170 valence electrons. The molecule has 31 heavy (non-hydrogen) atoms. The van der Waals surface area contributed by atoms with Gasteiger partial charge in [-0.1, -0.05) is 6.07 Å². The van der Waals surface area contributed by atoms with E-state index in [0.29, 0.717) is 44.3 Å². The van der Waals surface area contributed by atoms with Crippen LogP contribution in [0.15, 0.2) is 29.4 Å². The Balaban J connectivity index is 0.000000357. The number of carboxylic acids is 1. The summed E-state index contributed by atoms with van der Waals surface area (Å²) in [5.74, 6) is 0.158. The molecule has 0 atom stereocenters. The van der Waals surface area contributed by atoms with Gasteiger partial charge in [0.15, 0.2) is 5.96 Å². The van der Waals surface area contributed by atoms with Crippen LogP contribution in [0.4, 0.5) is 4.79 Å². The average molecular weight is 434 g/mol. The number of rotatable bonds is 8. The standard InChI is InChI=1S/C14H23N5O4.C6H7NO/c20-11(17-13-15-5-2-6-16-13)3-1-7-18-9-10-19(14(18)23)8-4-12(21)22;1-8-6-4-2-3-5-7-6/h1-10H2,(H,21,22)(H2,15,16,17,20);2-5H,1H3. The van der Waals surface area contributed by atoms with E-state index in [-0.39, 0.29) is 24.9 Å². The van der Waals surface area contributed by atoms with Crippen LogP contribution >= 0.6 is 0 Å². The maximum absolute atomic E-state index is 12.0. The van der Waals surface area contributed by atoms with Crippen LogP contribution in [0.1, 0.15) is 25.7 Å². The van der Waals surface area contributed by atoms with E-state index in [0.717, 1.165) is 19.5 Å². The predicted molar refractivity (Wildman–Crippen MR) is 114 cm³/mol. The largest absolute Gasteiger partial charge is 0.481 e. The van der Waals surface area contributed by atoms with E-state index < -0.39 is 5.97 Å². The van der Waals surface area contributed by atoms with Crippen molar-refractivity contribution in [3.05, 3.63) is 24.4 Å². The molecule has 3 heterocycles. The number of aliphatic imine (C=N–C) groups is 1. The Bertz CT molecular complexity index is 758. The fourth-order valence-electron chi connectivity index (χ4n) is 2.99. The molecular weight excluding hydrogens is 404 g/mol. The molecule has 1 fully saturated rings. The fraction of sp³-hybridized carbons (Fsp3) is 0.550. The van der Waals surface area contributed by atoms with Gasteiger partial charge in [-0.3, -0.25) is 19.9 Å². The van der Waals surface area contributed by atoms with Gasteiger partial charge in [0, 0.05) is 58.0 Å². The number of nitrogens with zero attached hydrogens (tertiary/aromatic N) is 4. The molecule has 11 heteroatoms. The maximum atomic E-state index is 12.0. The molecule has 0 unspecified atom stereocenters. The summed E-state index contributed by atoms with van der Waals surface area (Å²) in [6.07, 6.45) is 3.50. The van der Waals surface area contributed by atoms with Crippen LogP contribution in [0.25, 0.3) is 0 Å². The van der Waals surface area contributed by atoms with Crippen LogP contribution in [0.2, 0.25) is 0 Å². The summed E-state index contributed by atoms with van der Waals surface area (Å²) in [5.41, 5.74) is 0. The lowest BCUT2D eigenvalue weighted by molar-refractivity contribution is -0.137. The molecule has 2 aliphatic heterocycles. The van der Waals surface area contributed by atoms with E-state index >= 15 is 0 Å². The van der Waals surface area contributed by atoms with Gasteiger partial charge in [-0.15, -0.1) is 0 Å². The molecule has 0 spiro atoms. The molecule has 0 aromatic carbocycles. The highest BCUT2D eigenvalue weighted by Gasteiger charge is 2.28. The van der Waals surface area contributed by atoms with Gasteiger partial charge in [0.25, 0.3) is 0 Å². The lowest BCUT2D eigenvalue weighted by atomic mass is 10.3. The summed E-state index contributed by atoms with van der Waals surface area (Å²) in [5, 5.41) is 14.4. The van der Waals surface area contributed by atoms with Crippen LogP contribution in [0, 0.1) is 0 Å². The van der Waals surface area contributed by atoms with Crippen molar-refractivity contribution in [3.8, 4) is 5.88 Å². The van der Waals surface area contributed by atoms with Gasteiger partial charge >= 0.3 is 12.0 Å². The quantitative estimate of drug-likeness (QED) is 0.543. The summed E-state index contributed by atoms with van der Waals surface area (Å²) < 4.78 is 4.80. The van der Waals surface area contributed by atoms with Crippen LogP contribution in [-0.4, -0.2) is 90.1 Å². The second-order valence-corrected chi connectivity index (χ2v) is 6.93. The number of methoxy groups -OCH3 is 1. The van der Waals surface area contributed by atoms with Gasteiger partial charge in [0.2, 0.25) is 11.8 Å². The number of amides is 3. The number of aromatic nitrogens is 1. The molecule has 0 saturated carbocycles. The summed E-state index contributed by atoms with van der Waals surface area (Å²) in [4.78, 5) is 45.6. The van der Waals surface area contributed by atoms with Gasteiger partial charge in [-0.25, -0.2) is 9.78 Å². The second kappa shape index (κ2) is 13.0. The minimum Gasteiger partial charge on any atom is -0.481 e. The number of aliphatic carboxylic acids is 1. The highest BCUT2D eigenvalue weighted by atomic mass is 16.5. The number of hydrogen-bond acceptors (Lipinski definition) is 7. The molecule has 2 aliphatic rings. The number of guanidine groups is 1. The molecule has 0 aliphatic carbocycles. The first-order valence-corrected chi connectivity index (χ1v) is 10.3. The lowest BCUT2D eigenvalue weighted by Gasteiger charge is -2.18. The zero-order valence-corrected chi connectivity index (χ0v) is 17.7. The predicted octanol–water partition coefficient (Wildman–Crippen LogP) is 0.535. The second-order valence-electron chi connectivity index (χ2n) is 6.93. The van der Waals surface area contributed by atoms with Gasteiger partial charge in [-0.05, 0) is 18.9 Å². The molecule has 1 saturated heterocycles. The molecule has 11 nitrogen and oxygen atoms in total. The maximum Gasteiger partial charge on any atom is 0.320 e. The van der Waals surface area contributed by atoms with Gasteiger partial charge in [0.05, 0.1) is 13.5 Å². The van der Waals surface area contributed by atoms with Crippen molar-refractivity contribution in [3.63, 3.8) is 0 Å². The lowest BCUT2D eigenvalue weighted by Crippen LogP contribution is -2.43. The van der Waals surface area contributed by atoms with Crippen LogP contribution in [-0.2, 0) is 9.59 Å². The van der Waals surface area contributed by atoms with Gasteiger partial charge in [0.1, 0.15) is 0 Å². The third-order valence-corrected chi connectivity index (χ3v) is 4.61. The number of carbonyl (C=O) groups excluding carboxylic acids is 2. The number of ether oxygens (including phenoxy) is 1. The van der Waals surface area contributed by atoms with Crippen LogP contribution < -0.4 is 15.4 Å². The number of pyridine rings is 1. The molecular formula is C20H30N6O5. The van der Waals surface area contributed by atoms with Crippen molar-refractivity contribution in [1.82, 2.24) is 25.4 Å². The smallest absolute Gasteiger partial charge is 0.320 e. The van der Waals surface area contributed by atoms with Crippen molar-refractivity contribution in [2.75, 3.05) is 46.4 Å². The fourth-order valence-corrected chi connectivity index (χ4v) is 2.99. The Kier molecular flexibility index (Phi) is 10.1. The van der Waals surface area contributed by atoms with E-state index in [1.54, 1.807) is 24.3 Å². The minimum absolute atomic E-state index is 0.0445. The molecule has 3 rings (SSSR count). The minimum atomic E-state index is -0.910. The van der Waals surface area contributed by atoms with Crippen molar-refractivity contribution in [2.24, 2.45) is 4.99 Å². The highest BCUT2D eigenvalue weighted by molar-refractivity contribution is 5.97. The molecule has 3 N–H and O–H groups in total. The third kappa shape index (κ3) is 8.89. The monoisotopic (exact) mass is 434 g/mol. The van der Waals surface area contributed by atoms with Crippen molar-refractivity contribution in [2.45, 2.75) is 25.7 Å². The Morgan fingerprint density at radius 1 is 1.23 bits per heavy atom. The zero-order chi connectivity index (χ0) is 22.5. The van der Waals surface area contributed by atoms with Gasteiger partial charge in [-0.2, -0.15) is 0 Å². The molecule has 0 bridgehead atoms. The number of carboxylic acid groups (broad SMARTS) is 1. The molecule has 1 aromatic heterocycles. The summed E-state index contributed by atoms with van der Waals surface area (Å²) in [6, 6.07) is 5.39. The van der Waals surface area contributed by atoms with E-state index in [4.69, 9.17) is 9.84 Å². The molecule has 3 amide bonds. The SMILES string of the molecule is COc1ccccn1.O=C(O)CCN1CCN(CCCC(=O)NC2=NCCCN2)C1=O. The van der Waals surface area contributed by atoms with Crippen molar-refractivity contribution in [1.29, 1.82) is 0 Å². The normalized spacial score (nSPS) is 15.4. The number of hydrogen-bond donors (Lipinski definition) is 3. The first-order chi connectivity index (χ1) is 15.0. The van der Waals surface area contributed by atoms with E-state index in [1.165, 1.54) is 4.90 Å². The Morgan fingerprint density at radius 2 is 2.00 bits per heavy atom. The Labute approximate surface area is 181 Å². The summed E-state index contributed by atoms with van der Waals surface area (Å²) in [6.45, 7) is 3.38. The first kappa shape index (κ1) is 23.9. The van der Waals surface area contributed by atoms with E-state index in [1.807, 2.05) is 12.1 Å². The average Bonchev–Trinajstić information content (AvgIpc) is 3.13. The number of nitrogens with one attached hydrogen (secondary N) is 2. The summed E-state index contributed by atoms with van der Waals surface area (Å²) in [7, 11) is 1.60. The Hall–Kier alpha value is -3.37. The molecule has 0 radical (unpaired) electrons. The van der Waals surface area contributed by atoms with E-state index in [2.05, 4.69) is 20.6 Å².